The molecule has 1 aromatic heterocycles. The molecular formula is C18H29N3O2. The number of nitrogens with zero attached hydrogens (tertiary/aromatic N) is 2. The molecule has 1 fully saturated rings. The van der Waals surface area contributed by atoms with Gasteiger partial charge in [0.25, 0.3) is 0 Å². The van der Waals surface area contributed by atoms with Crippen molar-refractivity contribution in [2.24, 2.45) is 0 Å². The zero-order valence-corrected chi connectivity index (χ0v) is 14.8. The quantitative estimate of drug-likeness (QED) is 0.839. The maximum Gasteiger partial charge on any atom is 0.222 e. The van der Waals surface area contributed by atoms with Gasteiger partial charge in [0.2, 0.25) is 11.8 Å². The highest BCUT2D eigenvalue weighted by Gasteiger charge is 2.28. The molecule has 1 aliphatic rings. The van der Waals surface area contributed by atoms with Gasteiger partial charge in [-0.3, -0.25) is 4.79 Å². The number of likely N-dealkylation sites (tertiary alicyclic amines) is 1. The number of aromatic nitrogens is 1. The van der Waals surface area contributed by atoms with E-state index < -0.39 is 5.54 Å². The van der Waals surface area contributed by atoms with Crippen LogP contribution in [0.25, 0.3) is 0 Å². The van der Waals surface area contributed by atoms with Crippen LogP contribution in [0.1, 0.15) is 45.6 Å². The van der Waals surface area contributed by atoms with E-state index in [-0.39, 0.29) is 5.91 Å². The molecule has 0 bridgehead atoms. The van der Waals surface area contributed by atoms with E-state index in [9.17, 15) is 4.79 Å². The lowest BCUT2D eigenvalue weighted by molar-refractivity contribution is -0.124. The van der Waals surface area contributed by atoms with Crippen LogP contribution < -0.4 is 10.1 Å². The van der Waals surface area contributed by atoms with E-state index in [4.69, 9.17) is 4.74 Å². The molecular weight excluding hydrogens is 290 g/mol. The highest BCUT2D eigenvalue weighted by molar-refractivity contribution is 5.77. The first-order chi connectivity index (χ1) is 10.9. The third-order valence-corrected chi connectivity index (χ3v) is 4.34. The molecule has 2 heterocycles. The predicted molar refractivity (Wildman–Crippen MR) is 91.6 cm³/mol. The van der Waals surface area contributed by atoms with Gasteiger partial charge in [-0.25, -0.2) is 4.98 Å². The van der Waals surface area contributed by atoms with Crippen LogP contribution in [0.5, 0.6) is 5.88 Å². The number of amides is 1. The van der Waals surface area contributed by atoms with Crippen molar-refractivity contribution in [3.63, 3.8) is 0 Å². The second kappa shape index (κ2) is 7.77. The van der Waals surface area contributed by atoms with E-state index in [0.29, 0.717) is 24.9 Å². The molecule has 1 atom stereocenters. The molecule has 1 aromatic rings. The van der Waals surface area contributed by atoms with Crippen molar-refractivity contribution in [3.8, 4) is 5.88 Å². The number of ether oxygens (including phenoxy) is 1. The second-order valence-electron chi connectivity index (χ2n) is 6.97. The van der Waals surface area contributed by atoms with Gasteiger partial charge >= 0.3 is 0 Å². The van der Waals surface area contributed by atoms with Gasteiger partial charge in [0.05, 0.1) is 5.54 Å². The zero-order valence-electron chi connectivity index (χ0n) is 14.8. The van der Waals surface area contributed by atoms with Gasteiger partial charge in [-0.05, 0) is 52.8 Å². The first-order valence-electron chi connectivity index (χ1n) is 8.51. The van der Waals surface area contributed by atoms with Gasteiger partial charge in [-0.2, -0.15) is 0 Å². The SMILES string of the molecule is CCN1CCCC1CC(=O)NC(C)(C)COc1ncccc1C. The van der Waals surface area contributed by atoms with Crippen molar-refractivity contribution in [2.45, 2.75) is 58.5 Å². The highest BCUT2D eigenvalue weighted by Crippen LogP contribution is 2.20. The van der Waals surface area contributed by atoms with Crippen molar-refractivity contribution in [1.82, 2.24) is 15.2 Å². The van der Waals surface area contributed by atoms with Gasteiger partial charge < -0.3 is 15.0 Å². The molecule has 0 radical (unpaired) electrons. The van der Waals surface area contributed by atoms with Gasteiger partial charge in [0, 0.05) is 24.2 Å². The van der Waals surface area contributed by atoms with Crippen LogP contribution in [0.4, 0.5) is 0 Å². The molecule has 1 aliphatic heterocycles. The number of carbonyl (C=O) groups excluding carboxylic acids is 1. The molecule has 1 unspecified atom stereocenters. The standard InChI is InChI=1S/C18H29N3O2/c1-5-21-11-7-9-15(21)12-16(22)20-18(3,4)13-23-17-14(2)8-6-10-19-17/h6,8,10,15H,5,7,9,11-13H2,1-4H3,(H,20,22). The van der Waals surface area contributed by atoms with Crippen LogP contribution in [-0.4, -0.2) is 47.1 Å². The van der Waals surface area contributed by atoms with E-state index in [2.05, 4.69) is 22.1 Å². The lowest BCUT2D eigenvalue weighted by Gasteiger charge is -2.28. The third kappa shape index (κ3) is 5.20. The van der Waals surface area contributed by atoms with Crippen LogP contribution >= 0.6 is 0 Å². The second-order valence-corrected chi connectivity index (χ2v) is 6.97. The highest BCUT2D eigenvalue weighted by atomic mass is 16.5. The fourth-order valence-corrected chi connectivity index (χ4v) is 3.09. The summed E-state index contributed by atoms with van der Waals surface area (Å²) in [6.07, 6.45) is 4.59. The Labute approximate surface area is 139 Å². The van der Waals surface area contributed by atoms with E-state index in [1.165, 1.54) is 6.42 Å². The van der Waals surface area contributed by atoms with Crippen molar-refractivity contribution in [1.29, 1.82) is 0 Å². The minimum atomic E-state index is -0.420. The fraction of sp³-hybridized carbons (Fsp3) is 0.667. The first-order valence-corrected chi connectivity index (χ1v) is 8.51. The smallest absolute Gasteiger partial charge is 0.222 e. The van der Waals surface area contributed by atoms with Crippen LogP contribution in [-0.2, 0) is 4.79 Å². The monoisotopic (exact) mass is 319 g/mol. The number of pyridine rings is 1. The summed E-state index contributed by atoms with van der Waals surface area (Å²) in [7, 11) is 0. The molecule has 0 spiro atoms. The summed E-state index contributed by atoms with van der Waals surface area (Å²) >= 11 is 0. The van der Waals surface area contributed by atoms with Crippen LogP contribution in [0, 0.1) is 6.92 Å². The lowest BCUT2D eigenvalue weighted by Crippen LogP contribution is -2.49. The van der Waals surface area contributed by atoms with Crippen molar-refractivity contribution in [2.75, 3.05) is 19.7 Å². The number of aryl methyl sites for hydroxylation is 1. The number of rotatable bonds is 7. The topological polar surface area (TPSA) is 54.5 Å². The molecule has 23 heavy (non-hydrogen) atoms. The Morgan fingerprint density at radius 1 is 1.52 bits per heavy atom. The summed E-state index contributed by atoms with van der Waals surface area (Å²) in [6, 6.07) is 4.23. The number of nitrogens with one attached hydrogen (secondary N) is 1. The molecule has 1 saturated heterocycles. The van der Waals surface area contributed by atoms with Crippen molar-refractivity contribution < 1.29 is 9.53 Å². The number of hydrogen-bond donors (Lipinski definition) is 1. The third-order valence-electron chi connectivity index (χ3n) is 4.34. The Balaban J connectivity index is 1.83. The number of hydrogen-bond acceptors (Lipinski definition) is 4. The summed E-state index contributed by atoms with van der Waals surface area (Å²) in [6.45, 7) is 10.6. The summed E-state index contributed by atoms with van der Waals surface area (Å²) < 4.78 is 5.78. The van der Waals surface area contributed by atoms with E-state index >= 15 is 0 Å². The molecule has 2 rings (SSSR count). The molecule has 128 valence electrons. The van der Waals surface area contributed by atoms with Crippen LogP contribution in [0.2, 0.25) is 0 Å². The van der Waals surface area contributed by atoms with Crippen molar-refractivity contribution >= 4 is 5.91 Å². The molecule has 1 N–H and O–H groups in total. The summed E-state index contributed by atoms with van der Waals surface area (Å²) in [4.78, 5) is 19.0. The fourth-order valence-electron chi connectivity index (χ4n) is 3.09. The van der Waals surface area contributed by atoms with Crippen molar-refractivity contribution in [3.05, 3.63) is 23.9 Å². The van der Waals surface area contributed by atoms with Gasteiger partial charge in [0.15, 0.2) is 0 Å². The van der Waals surface area contributed by atoms with E-state index in [1.807, 2.05) is 32.9 Å². The molecule has 0 saturated carbocycles. The van der Waals surface area contributed by atoms with E-state index in [1.54, 1.807) is 6.20 Å². The maximum absolute atomic E-state index is 12.3. The van der Waals surface area contributed by atoms with Crippen LogP contribution in [0.15, 0.2) is 18.3 Å². The summed E-state index contributed by atoms with van der Waals surface area (Å²) in [5.74, 6) is 0.726. The first kappa shape index (κ1) is 17.7. The molecule has 0 aromatic carbocycles. The predicted octanol–water partition coefficient (Wildman–Crippen LogP) is 2.54. The minimum absolute atomic E-state index is 0.0988. The normalized spacial score (nSPS) is 18.9. The summed E-state index contributed by atoms with van der Waals surface area (Å²) in [5, 5.41) is 3.10. The molecule has 1 amide bonds. The molecule has 5 nitrogen and oxygen atoms in total. The Kier molecular flexibility index (Phi) is 5.99. The minimum Gasteiger partial charge on any atom is -0.475 e. The van der Waals surface area contributed by atoms with Crippen LogP contribution in [0.3, 0.4) is 0 Å². The van der Waals surface area contributed by atoms with Gasteiger partial charge in [-0.1, -0.05) is 13.0 Å². The Morgan fingerprint density at radius 3 is 3.00 bits per heavy atom. The maximum atomic E-state index is 12.3. The summed E-state index contributed by atoms with van der Waals surface area (Å²) in [5.41, 5.74) is 0.579. The van der Waals surface area contributed by atoms with Gasteiger partial charge in [-0.15, -0.1) is 0 Å². The van der Waals surface area contributed by atoms with Gasteiger partial charge in [0.1, 0.15) is 6.61 Å². The Hall–Kier alpha value is -1.62. The van der Waals surface area contributed by atoms with E-state index in [0.717, 1.165) is 25.1 Å². The average molecular weight is 319 g/mol. The zero-order chi connectivity index (χ0) is 16.9. The lowest BCUT2D eigenvalue weighted by atomic mass is 10.1. The number of carbonyl (C=O) groups is 1. The Morgan fingerprint density at radius 2 is 2.30 bits per heavy atom. The largest absolute Gasteiger partial charge is 0.475 e. The Bertz CT molecular complexity index is 531. The molecule has 0 aliphatic carbocycles. The average Bonchev–Trinajstić information content (AvgIpc) is 2.93. The molecule has 5 heteroatoms.